The van der Waals surface area contributed by atoms with E-state index in [1.165, 1.54) is 12.1 Å². The fourth-order valence-electron chi connectivity index (χ4n) is 2.08. The van der Waals surface area contributed by atoms with Crippen LogP contribution in [0.4, 0.5) is 10.2 Å². The first kappa shape index (κ1) is 12.4. The topological polar surface area (TPSA) is 43.8 Å². The SMILES string of the molecule is Nc1cc(-c2ccc(F)cc2)nn1Cc1ccccc1. The Balaban J connectivity index is 1.89. The smallest absolute Gasteiger partial charge is 0.123 e. The third kappa shape index (κ3) is 2.54. The summed E-state index contributed by atoms with van der Waals surface area (Å²) in [4.78, 5) is 0. The van der Waals surface area contributed by atoms with Crippen molar-refractivity contribution in [1.82, 2.24) is 9.78 Å². The zero-order valence-corrected chi connectivity index (χ0v) is 10.8. The number of hydrogen-bond donors (Lipinski definition) is 1. The Morgan fingerprint density at radius 3 is 2.40 bits per heavy atom. The molecule has 4 heteroatoms. The van der Waals surface area contributed by atoms with Crippen molar-refractivity contribution in [2.75, 3.05) is 5.73 Å². The van der Waals surface area contributed by atoms with Crippen molar-refractivity contribution in [2.45, 2.75) is 6.54 Å². The van der Waals surface area contributed by atoms with E-state index in [1.54, 1.807) is 22.9 Å². The van der Waals surface area contributed by atoms with E-state index in [9.17, 15) is 4.39 Å². The summed E-state index contributed by atoms with van der Waals surface area (Å²) in [6, 6.07) is 18.0. The average molecular weight is 267 g/mol. The van der Waals surface area contributed by atoms with Crippen LogP contribution in [0.5, 0.6) is 0 Å². The second kappa shape index (κ2) is 5.17. The first-order valence-electron chi connectivity index (χ1n) is 6.35. The van der Waals surface area contributed by atoms with Gasteiger partial charge in [0, 0.05) is 11.6 Å². The third-order valence-corrected chi connectivity index (χ3v) is 3.13. The molecule has 20 heavy (non-hydrogen) atoms. The zero-order chi connectivity index (χ0) is 13.9. The van der Waals surface area contributed by atoms with Gasteiger partial charge in [-0.15, -0.1) is 0 Å². The molecule has 0 bridgehead atoms. The summed E-state index contributed by atoms with van der Waals surface area (Å²) in [5.74, 6) is 0.332. The summed E-state index contributed by atoms with van der Waals surface area (Å²) in [6.45, 7) is 0.619. The number of nitrogens with two attached hydrogens (primary N) is 1. The molecule has 0 aliphatic carbocycles. The molecule has 0 saturated heterocycles. The van der Waals surface area contributed by atoms with Crippen LogP contribution in [0, 0.1) is 5.82 Å². The van der Waals surface area contributed by atoms with E-state index in [0.29, 0.717) is 12.4 Å². The van der Waals surface area contributed by atoms with Gasteiger partial charge in [0.2, 0.25) is 0 Å². The van der Waals surface area contributed by atoms with Crippen LogP contribution in [0.25, 0.3) is 11.3 Å². The monoisotopic (exact) mass is 267 g/mol. The number of benzene rings is 2. The second-order valence-corrected chi connectivity index (χ2v) is 4.60. The van der Waals surface area contributed by atoms with Gasteiger partial charge in [0.15, 0.2) is 0 Å². The first-order valence-corrected chi connectivity index (χ1v) is 6.35. The van der Waals surface area contributed by atoms with Crippen molar-refractivity contribution >= 4 is 5.82 Å². The lowest BCUT2D eigenvalue weighted by molar-refractivity contribution is 0.628. The minimum absolute atomic E-state index is 0.259. The van der Waals surface area contributed by atoms with Crippen molar-refractivity contribution in [2.24, 2.45) is 0 Å². The van der Waals surface area contributed by atoms with Crippen molar-refractivity contribution in [3.8, 4) is 11.3 Å². The van der Waals surface area contributed by atoms with Crippen molar-refractivity contribution in [3.05, 3.63) is 72.0 Å². The lowest BCUT2D eigenvalue weighted by Crippen LogP contribution is -2.05. The molecule has 2 aromatic carbocycles. The number of halogens is 1. The van der Waals surface area contributed by atoms with E-state index in [1.807, 2.05) is 30.3 Å². The van der Waals surface area contributed by atoms with E-state index >= 15 is 0 Å². The molecular formula is C16H14FN3. The van der Waals surface area contributed by atoms with Crippen molar-refractivity contribution in [1.29, 1.82) is 0 Å². The van der Waals surface area contributed by atoms with Crippen LogP contribution < -0.4 is 5.73 Å². The molecule has 0 saturated carbocycles. The predicted molar refractivity (Wildman–Crippen MR) is 77.6 cm³/mol. The molecule has 3 aromatic rings. The lowest BCUT2D eigenvalue weighted by Gasteiger charge is -2.03. The number of rotatable bonds is 3. The maximum absolute atomic E-state index is 12.9. The molecule has 0 radical (unpaired) electrons. The van der Waals surface area contributed by atoms with Gasteiger partial charge in [-0.25, -0.2) is 9.07 Å². The molecule has 1 heterocycles. The van der Waals surface area contributed by atoms with E-state index < -0.39 is 0 Å². The highest BCUT2D eigenvalue weighted by atomic mass is 19.1. The van der Waals surface area contributed by atoms with Crippen molar-refractivity contribution in [3.63, 3.8) is 0 Å². The summed E-state index contributed by atoms with van der Waals surface area (Å²) >= 11 is 0. The predicted octanol–water partition coefficient (Wildman–Crippen LogP) is 3.32. The van der Waals surface area contributed by atoms with Crippen LogP contribution in [-0.4, -0.2) is 9.78 Å². The van der Waals surface area contributed by atoms with Gasteiger partial charge in [0.05, 0.1) is 12.2 Å². The molecule has 3 nitrogen and oxygen atoms in total. The van der Waals surface area contributed by atoms with Crippen LogP contribution >= 0.6 is 0 Å². The minimum Gasteiger partial charge on any atom is -0.384 e. The van der Waals surface area contributed by atoms with E-state index in [4.69, 9.17) is 5.73 Å². The zero-order valence-electron chi connectivity index (χ0n) is 10.8. The third-order valence-electron chi connectivity index (χ3n) is 3.13. The standard InChI is InChI=1S/C16H14FN3/c17-14-8-6-13(7-9-14)15-10-16(18)20(19-15)11-12-4-2-1-3-5-12/h1-10H,11,18H2. The minimum atomic E-state index is -0.259. The molecule has 2 N–H and O–H groups in total. The summed E-state index contributed by atoms with van der Waals surface area (Å²) in [6.07, 6.45) is 0. The summed E-state index contributed by atoms with van der Waals surface area (Å²) in [5.41, 5.74) is 8.72. The Hall–Kier alpha value is -2.62. The molecule has 1 aromatic heterocycles. The van der Waals surface area contributed by atoms with Gasteiger partial charge in [-0.05, 0) is 29.8 Å². The first-order chi connectivity index (χ1) is 9.72. The number of nitrogens with zero attached hydrogens (tertiary/aromatic N) is 2. The van der Waals surface area contributed by atoms with Gasteiger partial charge in [-0.1, -0.05) is 30.3 Å². The lowest BCUT2D eigenvalue weighted by atomic mass is 10.1. The average Bonchev–Trinajstić information content (AvgIpc) is 2.82. The van der Waals surface area contributed by atoms with Gasteiger partial charge in [0.25, 0.3) is 0 Å². The number of aromatic nitrogens is 2. The highest BCUT2D eigenvalue weighted by molar-refractivity contribution is 5.62. The Labute approximate surface area is 116 Å². The molecule has 0 atom stereocenters. The van der Waals surface area contributed by atoms with E-state index in [2.05, 4.69) is 5.10 Å². The van der Waals surface area contributed by atoms with Gasteiger partial charge in [0.1, 0.15) is 11.6 Å². The summed E-state index contributed by atoms with van der Waals surface area (Å²) in [5, 5.41) is 4.47. The van der Waals surface area contributed by atoms with Crippen LogP contribution in [0.2, 0.25) is 0 Å². The summed E-state index contributed by atoms with van der Waals surface area (Å²) < 4.78 is 14.7. The van der Waals surface area contributed by atoms with Gasteiger partial charge < -0.3 is 5.73 Å². The normalized spacial score (nSPS) is 10.7. The molecule has 0 fully saturated rings. The molecular weight excluding hydrogens is 253 g/mol. The Morgan fingerprint density at radius 2 is 1.70 bits per heavy atom. The van der Waals surface area contributed by atoms with Crippen LogP contribution in [0.3, 0.4) is 0 Å². The number of nitrogen functional groups attached to an aromatic ring is 1. The van der Waals surface area contributed by atoms with Gasteiger partial charge in [-0.3, -0.25) is 0 Å². The summed E-state index contributed by atoms with van der Waals surface area (Å²) in [7, 11) is 0. The Morgan fingerprint density at radius 1 is 1.00 bits per heavy atom. The molecule has 100 valence electrons. The maximum Gasteiger partial charge on any atom is 0.123 e. The molecule has 0 amide bonds. The maximum atomic E-state index is 12.9. The van der Waals surface area contributed by atoms with E-state index in [-0.39, 0.29) is 5.82 Å². The van der Waals surface area contributed by atoms with E-state index in [0.717, 1.165) is 16.8 Å². The molecule has 3 rings (SSSR count). The van der Waals surface area contributed by atoms with Gasteiger partial charge >= 0.3 is 0 Å². The van der Waals surface area contributed by atoms with Crippen molar-refractivity contribution < 1.29 is 4.39 Å². The largest absolute Gasteiger partial charge is 0.384 e. The molecule has 0 spiro atoms. The second-order valence-electron chi connectivity index (χ2n) is 4.60. The fourth-order valence-corrected chi connectivity index (χ4v) is 2.08. The number of hydrogen-bond acceptors (Lipinski definition) is 2. The van der Waals surface area contributed by atoms with Gasteiger partial charge in [-0.2, -0.15) is 5.10 Å². The highest BCUT2D eigenvalue weighted by Crippen LogP contribution is 2.21. The highest BCUT2D eigenvalue weighted by Gasteiger charge is 2.07. The van der Waals surface area contributed by atoms with Crippen LogP contribution in [-0.2, 0) is 6.54 Å². The molecule has 0 aliphatic rings. The quantitative estimate of drug-likeness (QED) is 0.791. The Bertz CT molecular complexity index is 702. The fraction of sp³-hybridized carbons (Fsp3) is 0.0625. The molecule has 0 aliphatic heterocycles. The van der Waals surface area contributed by atoms with Crippen LogP contribution in [0.1, 0.15) is 5.56 Å². The molecule has 0 unspecified atom stereocenters. The number of anilines is 1. The Kier molecular flexibility index (Phi) is 3.21. The van der Waals surface area contributed by atoms with Crippen LogP contribution in [0.15, 0.2) is 60.7 Å².